The third kappa shape index (κ3) is 4.91. The summed E-state index contributed by atoms with van der Waals surface area (Å²) in [5, 5.41) is 8.85. The van der Waals surface area contributed by atoms with Gasteiger partial charge in [0.1, 0.15) is 5.82 Å². The molecule has 1 aromatic heterocycles. The normalized spacial score (nSPS) is 15.8. The fourth-order valence-corrected chi connectivity index (χ4v) is 5.51. The molecule has 31 heavy (non-hydrogen) atoms. The lowest BCUT2D eigenvalue weighted by Gasteiger charge is -2.22. The summed E-state index contributed by atoms with van der Waals surface area (Å²) in [6.45, 7) is 5.81. The first kappa shape index (κ1) is 23.2. The van der Waals surface area contributed by atoms with Crippen molar-refractivity contribution in [1.29, 1.82) is 5.26 Å². The van der Waals surface area contributed by atoms with Crippen LogP contribution in [0.15, 0.2) is 23.1 Å². The van der Waals surface area contributed by atoms with Crippen molar-refractivity contribution >= 4 is 27.0 Å². The molecule has 1 fully saturated rings. The monoisotopic (exact) mass is 445 g/mol. The summed E-state index contributed by atoms with van der Waals surface area (Å²) in [6.07, 6.45) is 3.74. The molecule has 1 aromatic carbocycles. The molecule has 9 heteroatoms. The highest BCUT2D eigenvalue weighted by Gasteiger charge is 2.28. The average molecular weight is 446 g/mol. The molecule has 3 rings (SSSR count). The molecule has 1 atom stereocenters. The van der Waals surface area contributed by atoms with Crippen LogP contribution in [0.25, 0.3) is 11.0 Å². The second kappa shape index (κ2) is 9.79. The number of carbonyl (C=O) groups excluding carboxylic acids is 1. The van der Waals surface area contributed by atoms with E-state index in [0.717, 1.165) is 37.1 Å². The Kier molecular flexibility index (Phi) is 7.34. The standard InChI is InChI=1S/C22H31N5O3S/c1-4-13-27-20-8-7-18(31(29,30)26-14-5-6-15-26)16-19(20)24-21(27)9-10-22(28)25(3)17(2)11-12-23/h7-8,16-17H,4-6,9-11,13-15H2,1-3H3. The Balaban J connectivity index is 1.85. The van der Waals surface area contributed by atoms with Gasteiger partial charge in [0, 0.05) is 45.6 Å². The van der Waals surface area contributed by atoms with Gasteiger partial charge >= 0.3 is 0 Å². The molecule has 2 aromatic rings. The summed E-state index contributed by atoms with van der Waals surface area (Å²) in [4.78, 5) is 19.1. The van der Waals surface area contributed by atoms with E-state index in [4.69, 9.17) is 10.2 Å². The Morgan fingerprint density at radius 3 is 2.68 bits per heavy atom. The topological polar surface area (TPSA) is 99.3 Å². The maximum absolute atomic E-state index is 12.9. The van der Waals surface area contributed by atoms with Crippen LogP contribution >= 0.6 is 0 Å². The molecule has 1 saturated heterocycles. The summed E-state index contributed by atoms with van der Waals surface area (Å²) >= 11 is 0. The maximum Gasteiger partial charge on any atom is 0.243 e. The van der Waals surface area contributed by atoms with Crippen LogP contribution in [0.4, 0.5) is 0 Å². The van der Waals surface area contributed by atoms with Crippen LogP contribution < -0.4 is 0 Å². The van der Waals surface area contributed by atoms with Gasteiger partial charge in [-0.1, -0.05) is 6.92 Å². The Labute approximate surface area is 184 Å². The lowest BCUT2D eigenvalue weighted by Crippen LogP contribution is -2.35. The molecule has 168 valence electrons. The lowest BCUT2D eigenvalue weighted by molar-refractivity contribution is -0.131. The number of hydrogen-bond acceptors (Lipinski definition) is 5. The maximum atomic E-state index is 12.9. The summed E-state index contributed by atoms with van der Waals surface area (Å²) in [5.41, 5.74) is 1.53. The first-order valence-corrected chi connectivity index (χ1v) is 12.4. The number of amides is 1. The van der Waals surface area contributed by atoms with Crippen molar-refractivity contribution in [3.63, 3.8) is 0 Å². The van der Waals surface area contributed by atoms with E-state index in [9.17, 15) is 13.2 Å². The van der Waals surface area contributed by atoms with Crippen molar-refractivity contribution < 1.29 is 13.2 Å². The van der Waals surface area contributed by atoms with Crippen LogP contribution in [-0.2, 0) is 27.8 Å². The van der Waals surface area contributed by atoms with E-state index in [1.165, 1.54) is 4.31 Å². The van der Waals surface area contributed by atoms with E-state index in [0.29, 0.717) is 31.4 Å². The number of aromatic nitrogens is 2. The average Bonchev–Trinajstić information content (AvgIpc) is 3.40. The smallest absolute Gasteiger partial charge is 0.243 e. The van der Waals surface area contributed by atoms with Crippen molar-refractivity contribution in [2.75, 3.05) is 20.1 Å². The van der Waals surface area contributed by atoms with E-state index in [-0.39, 0.29) is 23.3 Å². The van der Waals surface area contributed by atoms with Crippen molar-refractivity contribution in [2.24, 2.45) is 0 Å². The van der Waals surface area contributed by atoms with Crippen LogP contribution in [0, 0.1) is 11.3 Å². The minimum Gasteiger partial charge on any atom is -0.342 e. The van der Waals surface area contributed by atoms with Crippen LogP contribution in [-0.4, -0.2) is 59.3 Å². The zero-order chi connectivity index (χ0) is 22.6. The summed E-state index contributed by atoms with van der Waals surface area (Å²) in [5.74, 6) is 0.748. The van der Waals surface area contributed by atoms with Gasteiger partial charge in [-0.05, 0) is 44.4 Å². The van der Waals surface area contributed by atoms with Gasteiger partial charge in [0.2, 0.25) is 15.9 Å². The molecule has 1 amide bonds. The highest BCUT2D eigenvalue weighted by atomic mass is 32.2. The van der Waals surface area contributed by atoms with Gasteiger partial charge in [0.05, 0.1) is 28.4 Å². The molecule has 0 saturated carbocycles. The Hall–Kier alpha value is -2.44. The van der Waals surface area contributed by atoms with Gasteiger partial charge in [-0.2, -0.15) is 9.57 Å². The molecule has 2 heterocycles. The van der Waals surface area contributed by atoms with Gasteiger partial charge in [0.25, 0.3) is 0 Å². The summed E-state index contributed by atoms with van der Waals surface area (Å²) in [6, 6.07) is 7.11. The molecule has 0 aliphatic carbocycles. The first-order chi connectivity index (χ1) is 14.8. The predicted molar refractivity (Wildman–Crippen MR) is 119 cm³/mol. The number of rotatable bonds is 9. The van der Waals surface area contributed by atoms with Crippen molar-refractivity contribution in [2.45, 2.75) is 69.9 Å². The number of nitriles is 1. The highest BCUT2D eigenvalue weighted by Crippen LogP contribution is 2.26. The first-order valence-electron chi connectivity index (χ1n) is 10.9. The Morgan fingerprint density at radius 1 is 1.32 bits per heavy atom. The SMILES string of the molecule is CCCn1c(CCC(=O)N(C)C(C)CC#N)nc2cc(S(=O)(=O)N3CCCC3)ccc21. The lowest BCUT2D eigenvalue weighted by atomic mass is 10.2. The van der Waals surface area contributed by atoms with Crippen molar-refractivity contribution in [1.82, 2.24) is 18.8 Å². The van der Waals surface area contributed by atoms with E-state index in [1.807, 2.05) is 13.0 Å². The van der Waals surface area contributed by atoms with Crippen LogP contribution in [0.1, 0.15) is 51.8 Å². The molecule has 1 unspecified atom stereocenters. The van der Waals surface area contributed by atoms with Gasteiger partial charge in [0.15, 0.2) is 0 Å². The zero-order valence-corrected chi connectivity index (χ0v) is 19.4. The molecule has 1 aliphatic rings. The molecule has 0 radical (unpaired) electrons. The van der Waals surface area contributed by atoms with Crippen molar-refractivity contribution in [3.8, 4) is 6.07 Å². The predicted octanol–water partition coefficient (Wildman–Crippen LogP) is 2.92. The van der Waals surface area contributed by atoms with Crippen LogP contribution in [0.5, 0.6) is 0 Å². The van der Waals surface area contributed by atoms with E-state index < -0.39 is 10.0 Å². The van der Waals surface area contributed by atoms with E-state index >= 15 is 0 Å². The largest absolute Gasteiger partial charge is 0.342 e. The Bertz CT molecular complexity index is 1080. The third-order valence-corrected chi connectivity index (χ3v) is 7.85. The number of imidazole rings is 1. The number of nitrogens with zero attached hydrogens (tertiary/aromatic N) is 5. The number of fused-ring (bicyclic) bond motifs is 1. The van der Waals surface area contributed by atoms with Gasteiger partial charge in [-0.25, -0.2) is 13.4 Å². The minimum atomic E-state index is -3.50. The molecule has 1 aliphatic heterocycles. The third-order valence-electron chi connectivity index (χ3n) is 5.95. The fraction of sp³-hybridized carbons (Fsp3) is 0.591. The second-order valence-electron chi connectivity index (χ2n) is 8.16. The highest BCUT2D eigenvalue weighted by molar-refractivity contribution is 7.89. The number of benzene rings is 1. The molecule has 0 bridgehead atoms. The number of aryl methyl sites for hydroxylation is 2. The van der Waals surface area contributed by atoms with Crippen LogP contribution in [0.3, 0.4) is 0 Å². The second-order valence-corrected chi connectivity index (χ2v) is 10.1. The van der Waals surface area contributed by atoms with Gasteiger partial charge < -0.3 is 9.47 Å². The minimum absolute atomic E-state index is 0.0323. The van der Waals surface area contributed by atoms with Gasteiger partial charge in [-0.15, -0.1) is 0 Å². The van der Waals surface area contributed by atoms with E-state index in [2.05, 4.69) is 17.6 Å². The quantitative estimate of drug-likeness (QED) is 0.591. The van der Waals surface area contributed by atoms with Crippen molar-refractivity contribution in [3.05, 3.63) is 24.0 Å². The molecule has 8 nitrogen and oxygen atoms in total. The Morgan fingerprint density at radius 2 is 2.03 bits per heavy atom. The van der Waals surface area contributed by atoms with E-state index in [1.54, 1.807) is 24.1 Å². The number of hydrogen-bond donors (Lipinski definition) is 0. The number of carbonyl (C=O) groups is 1. The molecular weight excluding hydrogens is 414 g/mol. The zero-order valence-electron chi connectivity index (χ0n) is 18.5. The summed E-state index contributed by atoms with van der Waals surface area (Å²) in [7, 11) is -1.78. The van der Waals surface area contributed by atoms with Gasteiger partial charge in [-0.3, -0.25) is 4.79 Å². The fourth-order valence-electron chi connectivity index (χ4n) is 3.97. The summed E-state index contributed by atoms with van der Waals surface area (Å²) < 4.78 is 29.5. The van der Waals surface area contributed by atoms with Crippen LogP contribution in [0.2, 0.25) is 0 Å². The molecule has 0 N–H and O–H groups in total. The molecular formula is C22H31N5O3S. The number of sulfonamides is 1. The molecule has 0 spiro atoms.